The fraction of sp³-hybridized carbons (Fsp3) is 0.364. The van der Waals surface area contributed by atoms with E-state index in [1.807, 2.05) is 30.3 Å². The van der Waals surface area contributed by atoms with Gasteiger partial charge in [0.25, 0.3) is 0 Å². The zero-order chi connectivity index (χ0) is 11.4. The number of hydrogen-bond acceptors (Lipinski definition) is 3. The van der Waals surface area contributed by atoms with E-state index in [1.54, 1.807) is 0 Å². The lowest BCUT2D eigenvalue weighted by Crippen LogP contribution is -2.44. The minimum absolute atomic E-state index is 0.294. The van der Waals surface area contributed by atoms with E-state index in [0.717, 1.165) is 5.56 Å². The third-order valence-electron chi connectivity index (χ3n) is 2.30. The third-order valence-corrected chi connectivity index (χ3v) is 2.30. The van der Waals surface area contributed by atoms with Crippen molar-refractivity contribution in [1.29, 1.82) is 0 Å². The van der Waals surface area contributed by atoms with Crippen LogP contribution in [0.4, 0.5) is 4.79 Å². The van der Waals surface area contributed by atoms with Crippen LogP contribution in [-0.2, 0) is 9.47 Å². The molecule has 0 bridgehead atoms. The van der Waals surface area contributed by atoms with Crippen molar-refractivity contribution in [2.75, 3.05) is 13.2 Å². The number of ether oxygens (including phenoxy) is 2. The van der Waals surface area contributed by atoms with Crippen LogP contribution in [-0.4, -0.2) is 30.5 Å². The van der Waals surface area contributed by atoms with Crippen LogP contribution in [0.2, 0.25) is 0 Å². The summed E-state index contributed by atoms with van der Waals surface area (Å²) in [6, 6.07) is 9.26. The molecule has 0 spiro atoms. The highest BCUT2D eigenvalue weighted by atomic mass is 16.7. The van der Waals surface area contributed by atoms with Crippen molar-refractivity contribution in [3.8, 4) is 0 Å². The van der Waals surface area contributed by atoms with Crippen LogP contribution in [0, 0.1) is 0 Å². The van der Waals surface area contributed by atoms with Gasteiger partial charge in [0, 0.05) is 5.56 Å². The van der Waals surface area contributed by atoms with E-state index in [-0.39, 0.29) is 6.04 Å². The Kier molecular flexibility index (Phi) is 3.38. The van der Waals surface area contributed by atoms with Gasteiger partial charge in [-0.15, -0.1) is 0 Å². The first-order valence-corrected chi connectivity index (χ1v) is 5.03. The predicted octanol–water partition coefficient (Wildman–Crippen LogP) is 1.37. The molecule has 0 atom stereocenters. The highest BCUT2D eigenvalue weighted by molar-refractivity contribution is 5.64. The highest BCUT2D eigenvalue weighted by Gasteiger charge is 2.24. The topological polar surface area (TPSA) is 67.8 Å². The minimum Gasteiger partial charge on any atom is -0.465 e. The number of amides is 1. The van der Waals surface area contributed by atoms with Gasteiger partial charge < -0.3 is 19.9 Å². The van der Waals surface area contributed by atoms with Gasteiger partial charge in [0.1, 0.15) is 0 Å². The van der Waals surface area contributed by atoms with Crippen LogP contribution in [0.5, 0.6) is 0 Å². The first-order chi connectivity index (χ1) is 7.75. The molecular formula is C11H13NO4. The van der Waals surface area contributed by atoms with Gasteiger partial charge >= 0.3 is 6.09 Å². The van der Waals surface area contributed by atoms with E-state index in [0.29, 0.717) is 13.2 Å². The van der Waals surface area contributed by atoms with Crippen LogP contribution < -0.4 is 5.32 Å². The first-order valence-electron chi connectivity index (χ1n) is 5.03. The van der Waals surface area contributed by atoms with Crippen molar-refractivity contribution >= 4 is 6.09 Å². The van der Waals surface area contributed by atoms with Gasteiger partial charge in [0.15, 0.2) is 6.29 Å². The molecule has 1 aliphatic heterocycles. The lowest BCUT2D eigenvalue weighted by molar-refractivity contribution is -0.193. The van der Waals surface area contributed by atoms with E-state index in [4.69, 9.17) is 14.6 Å². The number of carbonyl (C=O) groups is 1. The van der Waals surface area contributed by atoms with Crippen molar-refractivity contribution in [1.82, 2.24) is 5.32 Å². The molecular weight excluding hydrogens is 210 g/mol. The van der Waals surface area contributed by atoms with Crippen LogP contribution in [0.1, 0.15) is 11.9 Å². The summed E-state index contributed by atoms with van der Waals surface area (Å²) in [5, 5.41) is 10.8. The Morgan fingerprint density at radius 2 is 1.88 bits per heavy atom. The molecule has 1 saturated heterocycles. The molecule has 0 aliphatic carbocycles. The number of rotatable bonds is 2. The van der Waals surface area contributed by atoms with Crippen molar-refractivity contribution in [3.05, 3.63) is 35.9 Å². The van der Waals surface area contributed by atoms with Crippen molar-refractivity contribution < 1.29 is 19.4 Å². The quantitative estimate of drug-likeness (QED) is 0.794. The minimum atomic E-state index is -1.06. The van der Waals surface area contributed by atoms with Crippen molar-refractivity contribution in [2.45, 2.75) is 12.3 Å². The zero-order valence-electron chi connectivity index (χ0n) is 8.63. The normalized spacial score (nSPS) is 25.0. The zero-order valence-corrected chi connectivity index (χ0v) is 8.63. The fourth-order valence-corrected chi connectivity index (χ4v) is 1.56. The lowest BCUT2D eigenvalue weighted by Gasteiger charge is -2.29. The van der Waals surface area contributed by atoms with Gasteiger partial charge in [-0.1, -0.05) is 30.3 Å². The summed E-state index contributed by atoms with van der Waals surface area (Å²) in [4.78, 5) is 10.4. The molecule has 0 unspecified atom stereocenters. The van der Waals surface area contributed by atoms with Crippen LogP contribution in [0.3, 0.4) is 0 Å². The molecule has 0 aromatic heterocycles. The monoisotopic (exact) mass is 223 g/mol. The number of carboxylic acid groups (broad SMARTS) is 1. The molecule has 1 aromatic carbocycles. The van der Waals surface area contributed by atoms with Crippen LogP contribution in [0.25, 0.3) is 0 Å². The van der Waals surface area contributed by atoms with Gasteiger partial charge in [0.05, 0.1) is 19.3 Å². The molecule has 5 nitrogen and oxygen atoms in total. The Balaban J connectivity index is 1.88. The molecule has 2 N–H and O–H groups in total. The second kappa shape index (κ2) is 4.96. The van der Waals surface area contributed by atoms with Crippen molar-refractivity contribution in [3.63, 3.8) is 0 Å². The summed E-state index contributed by atoms with van der Waals surface area (Å²) < 4.78 is 10.9. The smallest absolute Gasteiger partial charge is 0.405 e. The third kappa shape index (κ3) is 2.71. The molecule has 5 heteroatoms. The summed E-state index contributed by atoms with van der Waals surface area (Å²) >= 11 is 0. The lowest BCUT2D eigenvalue weighted by atomic mass is 10.2. The Morgan fingerprint density at radius 1 is 1.25 bits per heavy atom. The molecule has 1 heterocycles. The Labute approximate surface area is 93.0 Å². The molecule has 16 heavy (non-hydrogen) atoms. The second-order valence-electron chi connectivity index (χ2n) is 3.56. The van der Waals surface area contributed by atoms with Gasteiger partial charge in [-0.2, -0.15) is 0 Å². The maximum absolute atomic E-state index is 10.4. The molecule has 1 aliphatic rings. The van der Waals surface area contributed by atoms with Gasteiger partial charge in [0.2, 0.25) is 0 Å². The Morgan fingerprint density at radius 3 is 2.44 bits per heavy atom. The molecule has 86 valence electrons. The summed E-state index contributed by atoms with van der Waals surface area (Å²) in [5.41, 5.74) is 0.941. The second-order valence-corrected chi connectivity index (χ2v) is 3.56. The van der Waals surface area contributed by atoms with E-state index in [1.165, 1.54) is 0 Å². The molecule has 0 radical (unpaired) electrons. The van der Waals surface area contributed by atoms with E-state index in [2.05, 4.69) is 5.32 Å². The predicted molar refractivity (Wildman–Crippen MR) is 56.0 cm³/mol. The molecule has 1 fully saturated rings. The average Bonchev–Trinajstić information content (AvgIpc) is 2.30. The number of nitrogens with one attached hydrogen (secondary N) is 1. The highest BCUT2D eigenvalue weighted by Crippen LogP contribution is 2.22. The standard InChI is InChI=1S/C11H13NO4/c13-11(14)12-9-6-15-10(16-7-9)8-4-2-1-3-5-8/h1-5,9-10,12H,6-7H2,(H,13,14). The average molecular weight is 223 g/mol. The van der Waals surface area contributed by atoms with Crippen LogP contribution in [0.15, 0.2) is 30.3 Å². The SMILES string of the molecule is O=C(O)NC1COC(c2ccccc2)OC1. The van der Waals surface area contributed by atoms with E-state index >= 15 is 0 Å². The summed E-state index contributed by atoms with van der Waals surface area (Å²) in [6.07, 6.45) is -1.46. The number of hydrogen-bond donors (Lipinski definition) is 2. The Hall–Kier alpha value is -1.59. The van der Waals surface area contributed by atoms with Crippen molar-refractivity contribution in [2.24, 2.45) is 0 Å². The molecule has 2 rings (SSSR count). The van der Waals surface area contributed by atoms with Gasteiger partial charge in [-0.25, -0.2) is 4.79 Å². The maximum Gasteiger partial charge on any atom is 0.405 e. The number of benzene rings is 1. The summed E-state index contributed by atoms with van der Waals surface area (Å²) in [5.74, 6) is 0. The Bertz CT molecular complexity index is 346. The van der Waals surface area contributed by atoms with Gasteiger partial charge in [-0.05, 0) is 0 Å². The maximum atomic E-state index is 10.4. The van der Waals surface area contributed by atoms with E-state index < -0.39 is 12.4 Å². The molecule has 1 aromatic rings. The molecule has 0 saturated carbocycles. The largest absolute Gasteiger partial charge is 0.465 e. The van der Waals surface area contributed by atoms with Gasteiger partial charge in [-0.3, -0.25) is 0 Å². The van der Waals surface area contributed by atoms with Crippen LogP contribution >= 0.6 is 0 Å². The first kappa shape index (κ1) is 10.9. The summed E-state index contributed by atoms with van der Waals surface area (Å²) in [6.45, 7) is 0.651. The fourth-order valence-electron chi connectivity index (χ4n) is 1.56. The summed E-state index contributed by atoms with van der Waals surface area (Å²) in [7, 11) is 0. The molecule has 1 amide bonds. The van der Waals surface area contributed by atoms with E-state index in [9.17, 15) is 4.79 Å².